The summed E-state index contributed by atoms with van der Waals surface area (Å²) in [5.74, 6) is 1.56. The van der Waals surface area contributed by atoms with Gasteiger partial charge >= 0.3 is 0 Å². The van der Waals surface area contributed by atoms with Crippen LogP contribution in [0.2, 0.25) is 0 Å². The lowest BCUT2D eigenvalue weighted by Gasteiger charge is -2.22. The number of rotatable bonds is 11. The molecule has 0 radical (unpaired) electrons. The van der Waals surface area contributed by atoms with E-state index >= 15 is 0 Å². The van der Waals surface area contributed by atoms with Gasteiger partial charge in [0.2, 0.25) is 10.0 Å². The van der Waals surface area contributed by atoms with Crippen LogP contribution in [0.5, 0.6) is 5.75 Å². The normalized spacial score (nSPS) is 11.6. The third-order valence-corrected chi connectivity index (χ3v) is 5.95. The van der Waals surface area contributed by atoms with Crippen LogP contribution in [0.25, 0.3) is 0 Å². The third-order valence-electron chi connectivity index (χ3n) is 4.49. The number of methoxy groups -OCH3 is 2. The Morgan fingerprint density at radius 1 is 1.09 bits per heavy atom. The summed E-state index contributed by atoms with van der Waals surface area (Å²) >= 11 is 0. The van der Waals surface area contributed by atoms with Gasteiger partial charge in [-0.3, -0.25) is 0 Å². The molecule has 2 rings (SSSR count). The highest BCUT2D eigenvalue weighted by Crippen LogP contribution is 2.14. The molecule has 0 aliphatic rings. The van der Waals surface area contributed by atoms with E-state index in [1.54, 1.807) is 25.3 Å². The molecule has 0 bridgehead atoms. The van der Waals surface area contributed by atoms with Gasteiger partial charge in [-0.25, -0.2) is 18.1 Å². The van der Waals surface area contributed by atoms with Gasteiger partial charge in [-0.2, -0.15) is 0 Å². The molecule has 0 aliphatic heterocycles. The zero-order valence-corrected chi connectivity index (χ0v) is 22.1. The lowest BCUT2D eigenvalue weighted by Crippen LogP contribution is -2.38. The summed E-state index contributed by atoms with van der Waals surface area (Å²) in [6, 6.07) is 14.7. The summed E-state index contributed by atoms with van der Waals surface area (Å²) in [6.45, 7) is 4.31. The number of guanidine groups is 1. The van der Waals surface area contributed by atoms with Crippen molar-refractivity contribution < 1.29 is 17.9 Å². The second-order valence-electron chi connectivity index (χ2n) is 6.91. The fourth-order valence-electron chi connectivity index (χ4n) is 2.89. The first-order chi connectivity index (χ1) is 14.9. The van der Waals surface area contributed by atoms with Crippen molar-refractivity contribution in [1.29, 1.82) is 0 Å². The molecule has 178 valence electrons. The largest absolute Gasteiger partial charge is 0.497 e. The Kier molecular flexibility index (Phi) is 12.6. The number of nitrogens with one attached hydrogen (secondary N) is 2. The molecule has 0 amide bonds. The summed E-state index contributed by atoms with van der Waals surface area (Å²) in [5, 5.41) is 3.28. The Labute approximate surface area is 208 Å². The van der Waals surface area contributed by atoms with Crippen LogP contribution < -0.4 is 14.8 Å². The Morgan fingerprint density at radius 3 is 2.44 bits per heavy atom. The molecule has 0 saturated heterocycles. The maximum absolute atomic E-state index is 12.4. The minimum absolute atomic E-state index is 0. The van der Waals surface area contributed by atoms with Crippen molar-refractivity contribution in [3.05, 3.63) is 59.7 Å². The van der Waals surface area contributed by atoms with E-state index in [0.717, 1.165) is 29.4 Å². The molecule has 2 N–H and O–H groups in total. The molecule has 2 aromatic rings. The van der Waals surface area contributed by atoms with E-state index in [2.05, 4.69) is 15.0 Å². The van der Waals surface area contributed by atoms with Crippen LogP contribution in [-0.4, -0.2) is 60.2 Å². The van der Waals surface area contributed by atoms with E-state index in [-0.39, 0.29) is 35.4 Å². The molecule has 0 saturated carbocycles. The first kappa shape index (κ1) is 28.1. The van der Waals surface area contributed by atoms with Crippen molar-refractivity contribution in [2.75, 3.05) is 41.0 Å². The van der Waals surface area contributed by atoms with Gasteiger partial charge in [-0.1, -0.05) is 24.3 Å². The van der Waals surface area contributed by atoms with E-state index < -0.39 is 10.0 Å². The average Bonchev–Trinajstić information content (AvgIpc) is 2.77. The van der Waals surface area contributed by atoms with Crippen molar-refractivity contribution in [2.45, 2.75) is 24.9 Å². The van der Waals surface area contributed by atoms with Crippen molar-refractivity contribution in [3.8, 4) is 5.75 Å². The smallest absolute Gasteiger partial charge is 0.240 e. The van der Waals surface area contributed by atoms with Gasteiger partial charge in [-0.15, -0.1) is 24.0 Å². The number of ether oxygens (including phenoxy) is 2. The highest BCUT2D eigenvalue weighted by molar-refractivity contribution is 14.0. The van der Waals surface area contributed by atoms with Crippen LogP contribution >= 0.6 is 24.0 Å². The van der Waals surface area contributed by atoms with Gasteiger partial charge in [0.25, 0.3) is 0 Å². The Hall–Kier alpha value is -1.89. The van der Waals surface area contributed by atoms with Crippen LogP contribution in [0.15, 0.2) is 58.4 Å². The van der Waals surface area contributed by atoms with E-state index in [1.807, 2.05) is 49.2 Å². The van der Waals surface area contributed by atoms with Crippen molar-refractivity contribution >= 4 is 40.0 Å². The SMILES string of the molecule is CCNC(=NCc1cccc(S(=O)(=O)NCCOC)c1)N(C)Cc1ccc(OC)cc1.I. The highest BCUT2D eigenvalue weighted by atomic mass is 127. The molecule has 0 heterocycles. The highest BCUT2D eigenvalue weighted by Gasteiger charge is 2.14. The summed E-state index contributed by atoms with van der Waals surface area (Å²) in [6.07, 6.45) is 0. The monoisotopic (exact) mass is 576 g/mol. The van der Waals surface area contributed by atoms with Gasteiger partial charge < -0.3 is 19.7 Å². The molecule has 0 aromatic heterocycles. The van der Waals surface area contributed by atoms with Gasteiger partial charge in [0.1, 0.15) is 5.75 Å². The second-order valence-corrected chi connectivity index (χ2v) is 8.68. The Balaban J connectivity index is 0.00000512. The first-order valence-corrected chi connectivity index (χ1v) is 11.6. The zero-order valence-electron chi connectivity index (χ0n) is 19.0. The Bertz CT molecular complexity index is 953. The van der Waals surface area contributed by atoms with Crippen molar-refractivity contribution in [2.24, 2.45) is 4.99 Å². The van der Waals surface area contributed by atoms with E-state index in [0.29, 0.717) is 19.7 Å². The molecule has 32 heavy (non-hydrogen) atoms. The van der Waals surface area contributed by atoms with Crippen LogP contribution in [-0.2, 0) is 27.8 Å². The van der Waals surface area contributed by atoms with Gasteiger partial charge in [0, 0.05) is 33.8 Å². The van der Waals surface area contributed by atoms with Crippen LogP contribution in [0.1, 0.15) is 18.1 Å². The minimum atomic E-state index is -3.58. The topological polar surface area (TPSA) is 92.3 Å². The van der Waals surface area contributed by atoms with Crippen molar-refractivity contribution in [3.63, 3.8) is 0 Å². The van der Waals surface area contributed by atoms with Gasteiger partial charge in [0.15, 0.2) is 5.96 Å². The number of sulfonamides is 1. The summed E-state index contributed by atoms with van der Waals surface area (Å²) in [5.41, 5.74) is 1.94. The quantitative estimate of drug-likeness (QED) is 0.185. The van der Waals surface area contributed by atoms with Crippen molar-refractivity contribution in [1.82, 2.24) is 14.9 Å². The lowest BCUT2D eigenvalue weighted by atomic mass is 10.2. The van der Waals surface area contributed by atoms with E-state index in [4.69, 9.17) is 9.47 Å². The average molecular weight is 577 g/mol. The van der Waals surface area contributed by atoms with Crippen LogP contribution in [0.3, 0.4) is 0 Å². The molecule has 0 atom stereocenters. The third kappa shape index (κ3) is 8.93. The molecule has 2 aromatic carbocycles. The molecule has 0 spiro atoms. The lowest BCUT2D eigenvalue weighted by molar-refractivity contribution is 0.204. The van der Waals surface area contributed by atoms with E-state index in [9.17, 15) is 8.42 Å². The maximum atomic E-state index is 12.4. The molecular formula is C22H33IN4O4S. The molecule has 0 fully saturated rings. The predicted molar refractivity (Wildman–Crippen MR) is 138 cm³/mol. The van der Waals surface area contributed by atoms with E-state index in [1.165, 1.54) is 7.11 Å². The summed E-state index contributed by atoms with van der Waals surface area (Å²) < 4.78 is 37.5. The van der Waals surface area contributed by atoms with Crippen LogP contribution in [0, 0.1) is 0 Å². The fraction of sp³-hybridized carbons (Fsp3) is 0.409. The summed E-state index contributed by atoms with van der Waals surface area (Å²) in [4.78, 5) is 6.93. The fourth-order valence-corrected chi connectivity index (χ4v) is 3.97. The van der Waals surface area contributed by atoms with Gasteiger partial charge in [0.05, 0.1) is 25.2 Å². The number of hydrogen-bond donors (Lipinski definition) is 2. The number of halogens is 1. The summed E-state index contributed by atoms with van der Waals surface area (Å²) in [7, 11) is 1.56. The zero-order chi connectivity index (χ0) is 22.7. The number of nitrogens with zero attached hydrogens (tertiary/aromatic N) is 2. The second kappa shape index (κ2) is 14.3. The van der Waals surface area contributed by atoms with Gasteiger partial charge in [-0.05, 0) is 42.3 Å². The Morgan fingerprint density at radius 2 is 1.81 bits per heavy atom. The minimum Gasteiger partial charge on any atom is -0.497 e. The molecule has 0 aliphatic carbocycles. The number of hydrogen-bond acceptors (Lipinski definition) is 5. The molecular weight excluding hydrogens is 543 g/mol. The van der Waals surface area contributed by atoms with Crippen LogP contribution in [0.4, 0.5) is 0 Å². The molecule has 0 unspecified atom stereocenters. The number of benzene rings is 2. The molecule has 8 nitrogen and oxygen atoms in total. The standard InChI is InChI=1S/C22H32N4O4S.HI/c1-5-23-22(26(2)17-18-9-11-20(30-4)12-10-18)24-16-19-7-6-8-21(15-19)31(27,28)25-13-14-29-3;/h6-12,15,25H,5,13-14,16-17H2,1-4H3,(H,23,24);1H. The maximum Gasteiger partial charge on any atom is 0.240 e. The predicted octanol–water partition coefficient (Wildman–Crippen LogP) is 2.84. The molecule has 10 heteroatoms. The first-order valence-electron chi connectivity index (χ1n) is 10.1. The number of aliphatic imine (C=N–C) groups is 1.